The van der Waals surface area contributed by atoms with E-state index in [0.717, 1.165) is 47.3 Å². The maximum absolute atomic E-state index is 13.2. The maximum Gasteiger partial charge on any atom is 0.275 e. The SMILES string of the molecule is COc1cc(C(=O)N2CCC(c3nc(C(=O)Nc4ccc5c(c4)CCC5)cs3)CC2)nc2ccccc12. The van der Waals surface area contributed by atoms with Crippen LogP contribution in [0.25, 0.3) is 10.9 Å². The number of fused-ring (bicyclic) bond motifs is 2. The molecule has 2 aromatic heterocycles. The highest BCUT2D eigenvalue weighted by atomic mass is 32.1. The summed E-state index contributed by atoms with van der Waals surface area (Å²) in [5.41, 5.74) is 5.13. The molecule has 6 rings (SSSR count). The molecular weight excluding hydrogens is 484 g/mol. The standard InChI is InChI=1S/C29H28N4O3S/c1-36-26-16-24(31-23-8-3-2-7-22(23)26)29(35)33-13-11-19(12-14-33)28-32-25(17-37-28)27(34)30-21-10-9-18-5-4-6-20(18)15-21/h2-3,7-10,15-17,19H,4-6,11-14H2,1H3,(H,30,34). The van der Waals surface area contributed by atoms with Gasteiger partial charge in [-0.2, -0.15) is 0 Å². The molecule has 37 heavy (non-hydrogen) atoms. The number of carbonyl (C=O) groups is 2. The molecule has 0 unspecified atom stereocenters. The van der Waals surface area contributed by atoms with Crippen LogP contribution < -0.4 is 10.1 Å². The fourth-order valence-corrected chi connectivity index (χ4v) is 6.31. The van der Waals surface area contributed by atoms with Gasteiger partial charge in [0.25, 0.3) is 11.8 Å². The number of nitrogens with one attached hydrogen (secondary N) is 1. The number of aromatic nitrogens is 2. The molecule has 0 spiro atoms. The Hall–Kier alpha value is -3.78. The first kappa shape index (κ1) is 23.6. The molecule has 3 heterocycles. The molecule has 1 fully saturated rings. The molecule has 4 aromatic rings. The van der Waals surface area contributed by atoms with Crippen LogP contribution in [-0.4, -0.2) is 46.9 Å². The third-order valence-corrected chi connectivity index (χ3v) is 8.37. The molecule has 8 heteroatoms. The number of thiazole rings is 1. The van der Waals surface area contributed by atoms with Gasteiger partial charge in [0.2, 0.25) is 0 Å². The molecule has 2 amide bonds. The predicted octanol–water partition coefficient (Wildman–Crippen LogP) is 5.46. The van der Waals surface area contributed by atoms with Crippen molar-refractivity contribution in [3.63, 3.8) is 0 Å². The molecule has 0 radical (unpaired) electrons. The summed E-state index contributed by atoms with van der Waals surface area (Å²) in [7, 11) is 1.61. The Bertz CT molecular complexity index is 1490. The minimum Gasteiger partial charge on any atom is -0.496 e. The number of methoxy groups -OCH3 is 1. The number of nitrogens with zero attached hydrogens (tertiary/aromatic N) is 3. The zero-order valence-corrected chi connectivity index (χ0v) is 21.5. The van der Waals surface area contributed by atoms with Crippen molar-refractivity contribution in [1.29, 1.82) is 0 Å². The molecule has 0 bridgehead atoms. The third kappa shape index (κ3) is 4.69. The van der Waals surface area contributed by atoms with Crippen molar-refractivity contribution in [2.24, 2.45) is 0 Å². The summed E-state index contributed by atoms with van der Waals surface area (Å²) >= 11 is 1.52. The molecule has 2 aliphatic rings. The molecular formula is C29H28N4O3S. The average molecular weight is 513 g/mol. The van der Waals surface area contributed by atoms with E-state index in [9.17, 15) is 9.59 Å². The van der Waals surface area contributed by atoms with Gasteiger partial charge in [-0.25, -0.2) is 9.97 Å². The Balaban J connectivity index is 1.09. The number of piperidine rings is 1. The first-order chi connectivity index (χ1) is 18.1. The average Bonchev–Trinajstić information content (AvgIpc) is 3.62. The van der Waals surface area contributed by atoms with Crippen molar-refractivity contribution in [2.75, 3.05) is 25.5 Å². The fourth-order valence-electron chi connectivity index (χ4n) is 5.34. The number of aryl methyl sites for hydroxylation is 2. The van der Waals surface area contributed by atoms with Crippen molar-refractivity contribution < 1.29 is 14.3 Å². The maximum atomic E-state index is 13.2. The number of amides is 2. The number of hydrogen-bond acceptors (Lipinski definition) is 6. The Morgan fingerprint density at radius 2 is 1.81 bits per heavy atom. The van der Waals surface area contributed by atoms with Gasteiger partial charge in [0.05, 0.1) is 17.6 Å². The minimum atomic E-state index is -0.176. The second kappa shape index (κ2) is 9.94. The van der Waals surface area contributed by atoms with E-state index < -0.39 is 0 Å². The lowest BCUT2D eigenvalue weighted by Crippen LogP contribution is -2.38. The first-order valence-electron chi connectivity index (χ1n) is 12.7. The summed E-state index contributed by atoms with van der Waals surface area (Å²) in [5, 5.41) is 6.68. The second-order valence-corrected chi connectivity index (χ2v) is 10.5. The van der Waals surface area contributed by atoms with Gasteiger partial charge in [0.15, 0.2) is 0 Å². The number of benzene rings is 2. The van der Waals surface area contributed by atoms with Crippen LogP contribution in [0.4, 0.5) is 5.69 Å². The van der Waals surface area contributed by atoms with Crippen molar-refractivity contribution in [3.8, 4) is 5.75 Å². The van der Waals surface area contributed by atoms with Gasteiger partial charge in [-0.05, 0) is 67.5 Å². The van der Waals surface area contributed by atoms with Crippen LogP contribution in [0.1, 0.15) is 62.3 Å². The number of pyridine rings is 1. The molecule has 0 atom stereocenters. The van der Waals surface area contributed by atoms with Crippen LogP contribution in [0.5, 0.6) is 5.75 Å². The van der Waals surface area contributed by atoms with E-state index in [2.05, 4.69) is 27.4 Å². The number of carbonyl (C=O) groups excluding carboxylic acids is 2. The molecule has 1 aliphatic heterocycles. The van der Waals surface area contributed by atoms with E-state index in [4.69, 9.17) is 4.74 Å². The fraction of sp³-hybridized carbons (Fsp3) is 0.310. The van der Waals surface area contributed by atoms with E-state index >= 15 is 0 Å². The van der Waals surface area contributed by atoms with Gasteiger partial charge in [0, 0.05) is 41.5 Å². The summed E-state index contributed by atoms with van der Waals surface area (Å²) in [6.45, 7) is 1.24. The Labute approximate surface area is 219 Å². The zero-order valence-electron chi connectivity index (χ0n) is 20.7. The Morgan fingerprint density at radius 1 is 1.00 bits per heavy atom. The van der Waals surface area contributed by atoms with E-state index in [0.29, 0.717) is 30.2 Å². The van der Waals surface area contributed by atoms with Crippen LogP contribution in [0.15, 0.2) is 53.9 Å². The van der Waals surface area contributed by atoms with Gasteiger partial charge in [-0.1, -0.05) is 18.2 Å². The molecule has 1 saturated heterocycles. The Morgan fingerprint density at radius 3 is 2.65 bits per heavy atom. The van der Waals surface area contributed by atoms with Crippen LogP contribution >= 0.6 is 11.3 Å². The lowest BCUT2D eigenvalue weighted by Gasteiger charge is -2.31. The lowest BCUT2D eigenvalue weighted by atomic mass is 9.97. The highest BCUT2D eigenvalue weighted by Crippen LogP contribution is 2.32. The summed E-state index contributed by atoms with van der Waals surface area (Å²) in [4.78, 5) is 37.1. The van der Waals surface area contributed by atoms with E-state index in [1.54, 1.807) is 13.2 Å². The van der Waals surface area contributed by atoms with Crippen LogP contribution in [-0.2, 0) is 12.8 Å². The molecule has 1 N–H and O–H groups in total. The monoisotopic (exact) mass is 512 g/mol. The molecule has 188 valence electrons. The van der Waals surface area contributed by atoms with Gasteiger partial charge in [-0.15, -0.1) is 11.3 Å². The number of rotatable bonds is 5. The predicted molar refractivity (Wildman–Crippen MR) is 145 cm³/mol. The molecule has 2 aromatic carbocycles. The summed E-state index contributed by atoms with van der Waals surface area (Å²) < 4.78 is 5.51. The van der Waals surface area contributed by atoms with Crippen molar-refractivity contribution in [2.45, 2.75) is 38.0 Å². The third-order valence-electron chi connectivity index (χ3n) is 7.36. The first-order valence-corrected chi connectivity index (χ1v) is 13.6. The lowest BCUT2D eigenvalue weighted by molar-refractivity contribution is 0.0707. The van der Waals surface area contributed by atoms with Gasteiger partial charge in [0.1, 0.15) is 17.1 Å². The summed E-state index contributed by atoms with van der Waals surface area (Å²) in [5.74, 6) is 0.618. The smallest absolute Gasteiger partial charge is 0.275 e. The van der Waals surface area contributed by atoms with Crippen molar-refractivity contribution in [1.82, 2.24) is 14.9 Å². The quantitative estimate of drug-likeness (QED) is 0.384. The number of ether oxygens (including phenoxy) is 1. The van der Waals surface area contributed by atoms with E-state index in [1.807, 2.05) is 40.6 Å². The number of anilines is 1. The van der Waals surface area contributed by atoms with Crippen molar-refractivity contribution >= 4 is 39.7 Å². The molecule has 7 nitrogen and oxygen atoms in total. The van der Waals surface area contributed by atoms with Gasteiger partial charge < -0.3 is 15.0 Å². The van der Waals surface area contributed by atoms with Crippen LogP contribution in [0.2, 0.25) is 0 Å². The minimum absolute atomic E-state index is 0.0870. The zero-order chi connectivity index (χ0) is 25.4. The van der Waals surface area contributed by atoms with Crippen LogP contribution in [0.3, 0.4) is 0 Å². The van der Waals surface area contributed by atoms with Gasteiger partial charge >= 0.3 is 0 Å². The van der Waals surface area contributed by atoms with E-state index in [-0.39, 0.29) is 17.7 Å². The Kier molecular flexibility index (Phi) is 6.34. The van der Waals surface area contributed by atoms with Crippen LogP contribution in [0, 0.1) is 0 Å². The number of likely N-dealkylation sites (tertiary alicyclic amines) is 1. The normalized spacial score (nSPS) is 15.5. The molecule has 0 saturated carbocycles. The van der Waals surface area contributed by atoms with E-state index in [1.165, 1.54) is 28.9 Å². The second-order valence-electron chi connectivity index (χ2n) is 9.66. The number of hydrogen-bond donors (Lipinski definition) is 1. The molecule has 1 aliphatic carbocycles. The highest BCUT2D eigenvalue weighted by molar-refractivity contribution is 7.10. The summed E-state index contributed by atoms with van der Waals surface area (Å²) in [6.07, 6.45) is 4.98. The largest absolute Gasteiger partial charge is 0.496 e. The van der Waals surface area contributed by atoms with Gasteiger partial charge in [-0.3, -0.25) is 9.59 Å². The summed E-state index contributed by atoms with van der Waals surface area (Å²) in [6, 6.07) is 15.6. The van der Waals surface area contributed by atoms with Crippen molar-refractivity contribution in [3.05, 3.63) is 81.4 Å². The highest BCUT2D eigenvalue weighted by Gasteiger charge is 2.28. The number of para-hydroxylation sites is 1. The topological polar surface area (TPSA) is 84.4 Å².